The molecule has 14 N–H and O–H groups in total. The van der Waals surface area contributed by atoms with Crippen molar-refractivity contribution in [3.8, 4) is 0 Å². The SMILES string of the molecule is C[C@@H]1O[C@@H](O[C@@H]2[C@@H](O)[C@H](O)O[C@H](CO)[C@@H]2O)[C@H](O)[C@H](O)[C@H]1O[C@H]1O[C@H](CO)[C@@H](O)[C@H](O[C@H]2O[C@H](C)[C@H](O)C[C@H]2O)[C@@H]1O[C@H]1O[C@H](CO)[C@H](O)[C@H](O)[C@H]1O. The van der Waals surface area contributed by atoms with Crippen LogP contribution in [0.25, 0.3) is 0 Å². The molecule has 0 saturated carbocycles. The van der Waals surface area contributed by atoms with E-state index in [9.17, 15) is 71.5 Å². The standard InChI is InChI=1S/C30H52O23/c1-7-9(34)3-10(35)27(45-7)52-24-16(38)13(6-33)49-30(25(24)53-29-19(41)17(39)14(36)11(4-31)48-29)50-22-8(2)46-28(20(42)18(22)40)51-23-15(37)12(5-32)47-26(44)21(23)43/h7-44H,3-6H2,1-2H3/t7-,8+,9-,10-,11-,12-,13-,14+,15+,16-,17+,18+,19-,20-,21-,22+,23+,24+,25+,26-,27-,28+,29-,30-/m1/s1. The molecule has 24 atom stereocenters. The van der Waals surface area contributed by atoms with Crippen LogP contribution in [0.2, 0.25) is 0 Å². The number of aliphatic hydroxyl groups excluding tert-OH is 14. The van der Waals surface area contributed by atoms with E-state index in [4.69, 9.17) is 42.6 Å². The van der Waals surface area contributed by atoms with Gasteiger partial charge < -0.3 is 114 Å². The van der Waals surface area contributed by atoms with Crippen LogP contribution in [-0.2, 0) is 42.6 Å². The van der Waals surface area contributed by atoms with E-state index in [1.165, 1.54) is 13.8 Å². The minimum atomic E-state index is -2.00. The summed E-state index contributed by atoms with van der Waals surface area (Å²) >= 11 is 0. The van der Waals surface area contributed by atoms with E-state index in [1.807, 2.05) is 0 Å². The Kier molecular flexibility index (Phi) is 14.8. The summed E-state index contributed by atoms with van der Waals surface area (Å²) in [6.45, 7) is 0.352. The van der Waals surface area contributed by atoms with Crippen LogP contribution in [0.3, 0.4) is 0 Å². The van der Waals surface area contributed by atoms with E-state index >= 15 is 0 Å². The summed E-state index contributed by atoms with van der Waals surface area (Å²) in [4.78, 5) is 0. The first-order valence-electron chi connectivity index (χ1n) is 17.2. The highest BCUT2D eigenvalue weighted by atomic mass is 16.8. The molecule has 0 spiro atoms. The first kappa shape index (κ1) is 43.2. The van der Waals surface area contributed by atoms with Gasteiger partial charge in [-0.1, -0.05) is 0 Å². The molecule has 0 aromatic rings. The first-order chi connectivity index (χ1) is 25.0. The van der Waals surface area contributed by atoms with E-state index in [1.54, 1.807) is 0 Å². The largest absolute Gasteiger partial charge is 0.394 e. The van der Waals surface area contributed by atoms with E-state index in [0.717, 1.165) is 0 Å². The summed E-state index contributed by atoms with van der Waals surface area (Å²) < 4.78 is 51.0. The molecule has 5 aliphatic heterocycles. The number of hydrogen-bond donors (Lipinski definition) is 14. The maximum atomic E-state index is 11.3. The molecule has 5 fully saturated rings. The molecule has 310 valence electrons. The van der Waals surface area contributed by atoms with Crippen molar-refractivity contribution in [3.63, 3.8) is 0 Å². The van der Waals surface area contributed by atoms with Crippen LogP contribution in [0.1, 0.15) is 20.3 Å². The summed E-state index contributed by atoms with van der Waals surface area (Å²) in [6.07, 6.45) is -40.0. The first-order valence-corrected chi connectivity index (χ1v) is 17.2. The predicted octanol–water partition coefficient (Wildman–Crippen LogP) is -8.84. The monoisotopic (exact) mass is 780 g/mol. The van der Waals surface area contributed by atoms with Crippen LogP contribution in [-0.4, -0.2) is 239 Å². The second kappa shape index (κ2) is 18.1. The molecule has 0 radical (unpaired) electrons. The lowest BCUT2D eigenvalue weighted by Gasteiger charge is -2.50. The van der Waals surface area contributed by atoms with Crippen molar-refractivity contribution >= 4 is 0 Å². The minimum Gasteiger partial charge on any atom is -0.394 e. The smallest absolute Gasteiger partial charge is 0.187 e. The molecule has 5 rings (SSSR count). The Morgan fingerprint density at radius 2 is 0.868 bits per heavy atom. The minimum absolute atomic E-state index is 0.210. The molecule has 5 aliphatic rings. The second-order valence-electron chi connectivity index (χ2n) is 13.8. The van der Waals surface area contributed by atoms with E-state index in [0.29, 0.717) is 0 Å². The molecule has 5 saturated heterocycles. The van der Waals surface area contributed by atoms with Gasteiger partial charge in [-0.25, -0.2) is 0 Å². The third kappa shape index (κ3) is 8.98. The van der Waals surface area contributed by atoms with E-state index in [2.05, 4.69) is 0 Å². The van der Waals surface area contributed by atoms with Crippen LogP contribution < -0.4 is 0 Å². The van der Waals surface area contributed by atoms with Crippen LogP contribution in [0.5, 0.6) is 0 Å². The van der Waals surface area contributed by atoms with Gasteiger partial charge in [0, 0.05) is 6.42 Å². The molecule has 0 aromatic carbocycles. The summed E-state index contributed by atoms with van der Waals surface area (Å²) in [5, 5.41) is 146. The Morgan fingerprint density at radius 3 is 1.51 bits per heavy atom. The fraction of sp³-hybridized carbons (Fsp3) is 1.00. The zero-order valence-electron chi connectivity index (χ0n) is 28.6. The van der Waals surface area contributed by atoms with Gasteiger partial charge in [0.05, 0.1) is 38.1 Å². The molecule has 23 nitrogen and oxygen atoms in total. The quantitative estimate of drug-likeness (QED) is 0.0925. The van der Waals surface area contributed by atoms with Crippen molar-refractivity contribution in [3.05, 3.63) is 0 Å². The zero-order chi connectivity index (χ0) is 39.0. The molecule has 0 unspecified atom stereocenters. The molecule has 0 aromatic heterocycles. The lowest BCUT2D eigenvalue weighted by Crippen LogP contribution is -2.68. The number of hydrogen-bond acceptors (Lipinski definition) is 23. The molecule has 0 amide bonds. The van der Waals surface area contributed by atoms with Crippen LogP contribution in [0.15, 0.2) is 0 Å². The Hall–Kier alpha value is -0.920. The van der Waals surface area contributed by atoms with Gasteiger partial charge in [0.15, 0.2) is 31.5 Å². The fourth-order valence-corrected chi connectivity index (χ4v) is 6.85. The van der Waals surface area contributed by atoms with Gasteiger partial charge in [-0.3, -0.25) is 0 Å². The Bertz CT molecular complexity index is 1140. The third-order valence-corrected chi connectivity index (χ3v) is 10.1. The van der Waals surface area contributed by atoms with Crippen LogP contribution in [0, 0.1) is 0 Å². The summed E-state index contributed by atoms with van der Waals surface area (Å²) in [5.41, 5.74) is 0. The summed E-state index contributed by atoms with van der Waals surface area (Å²) in [7, 11) is 0. The zero-order valence-corrected chi connectivity index (χ0v) is 28.6. The average Bonchev–Trinajstić information content (AvgIpc) is 3.12. The Labute approximate surface area is 301 Å². The molecule has 0 bridgehead atoms. The Balaban J connectivity index is 1.40. The topological polar surface area (TPSA) is 366 Å². The Morgan fingerprint density at radius 1 is 0.396 bits per heavy atom. The normalized spacial score (nSPS) is 54.1. The van der Waals surface area contributed by atoms with Crippen LogP contribution in [0.4, 0.5) is 0 Å². The van der Waals surface area contributed by atoms with Gasteiger partial charge in [0.2, 0.25) is 0 Å². The van der Waals surface area contributed by atoms with E-state index in [-0.39, 0.29) is 6.42 Å². The van der Waals surface area contributed by atoms with Crippen LogP contribution >= 0.6 is 0 Å². The highest BCUT2D eigenvalue weighted by Crippen LogP contribution is 2.36. The predicted molar refractivity (Wildman–Crippen MR) is 162 cm³/mol. The van der Waals surface area contributed by atoms with E-state index < -0.39 is 167 Å². The maximum absolute atomic E-state index is 11.3. The van der Waals surface area contributed by atoms with Crippen molar-refractivity contribution in [2.24, 2.45) is 0 Å². The molecule has 53 heavy (non-hydrogen) atoms. The third-order valence-electron chi connectivity index (χ3n) is 10.1. The van der Waals surface area contributed by atoms with Crippen molar-refractivity contribution in [1.82, 2.24) is 0 Å². The van der Waals surface area contributed by atoms with Crippen molar-refractivity contribution in [2.45, 2.75) is 168 Å². The molecule has 0 aliphatic carbocycles. The molecule has 23 heteroatoms. The summed E-state index contributed by atoms with van der Waals surface area (Å²) in [5.74, 6) is 0. The lowest BCUT2D eigenvalue weighted by atomic mass is 9.95. The van der Waals surface area contributed by atoms with Crippen molar-refractivity contribution in [1.29, 1.82) is 0 Å². The number of rotatable bonds is 11. The summed E-state index contributed by atoms with van der Waals surface area (Å²) in [6, 6.07) is 0. The average molecular weight is 781 g/mol. The van der Waals surface area contributed by atoms with Crippen molar-refractivity contribution < 1.29 is 114 Å². The van der Waals surface area contributed by atoms with Gasteiger partial charge in [-0.15, -0.1) is 0 Å². The fourth-order valence-electron chi connectivity index (χ4n) is 6.85. The highest BCUT2D eigenvalue weighted by Gasteiger charge is 2.56. The number of ether oxygens (including phenoxy) is 9. The van der Waals surface area contributed by atoms with Gasteiger partial charge >= 0.3 is 0 Å². The maximum Gasteiger partial charge on any atom is 0.187 e. The highest BCUT2D eigenvalue weighted by molar-refractivity contribution is 4.98. The second-order valence-corrected chi connectivity index (χ2v) is 13.8. The van der Waals surface area contributed by atoms with Gasteiger partial charge in [-0.05, 0) is 13.8 Å². The molecule has 5 heterocycles. The lowest BCUT2D eigenvalue weighted by molar-refractivity contribution is -0.405. The number of aliphatic hydroxyl groups is 14. The van der Waals surface area contributed by atoms with Gasteiger partial charge in [-0.2, -0.15) is 0 Å². The molecular formula is C30H52O23. The van der Waals surface area contributed by atoms with Gasteiger partial charge in [0.1, 0.15) is 97.7 Å². The van der Waals surface area contributed by atoms with Crippen molar-refractivity contribution in [2.75, 3.05) is 19.8 Å². The molecular weight excluding hydrogens is 728 g/mol. The van der Waals surface area contributed by atoms with Gasteiger partial charge in [0.25, 0.3) is 0 Å².